The largest absolute Gasteiger partial charge is 0.394 e. The first-order chi connectivity index (χ1) is 5.33. The molecule has 2 N–H and O–H groups in total. The van der Waals surface area contributed by atoms with Gasteiger partial charge in [-0.2, -0.15) is 0 Å². The molecule has 0 aliphatic rings. The van der Waals surface area contributed by atoms with Crippen molar-refractivity contribution in [3.8, 4) is 0 Å². The Kier molecular flexibility index (Phi) is 19.6. The first-order valence-electron chi connectivity index (χ1n) is 3.98. The van der Waals surface area contributed by atoms with E-state index in [2.05, 4.69) is 6.92 Å². The average molecular weight is 162 g/mol. The number of carbonyl (C=O) groups is 1. The SMILES string of the molecule is CCCCCC=O.OCCO. The maximum Gasteiger partial charge on any atom is 0.119 e. The molecular formula is C8H18O3. The molecule has 0 rings (SSSR count). The number of hydrogen-bond donors (Lipinski definition) is 2. The van der Waals surface area contributed by atoms with Gasteiger partial charge in [0.25, 0.3) is 0 Å². The van der Waals surface area contributed by atoms with Gasteiger partial charge in [-0.1, -0.05) is 19.8 Å². The summed E-state index contributed by atoms with van der Waals surface area (Å²) in [5.41, 5.74) is 0. The van der Waals surface area contributed by atoms with Crippen molar-refractivity contribution in [3.05, 3.63) is 0 Å². The van der Waals surface area contributed by atoms with Gasteiger partial charge in [-0.25, -0.2) is 0 Å². The molecule has 68 valence electrons. The normalized spacial score (nSPS) is 8.27. The average Bonchev–Trinajstić information content (AvgIpc) is 2.06. The summed E-state index contributed by atoms with van der Waals surface area (Å²) in [6.45, 7) is 1.88. The Morgan fingerprint density at radius 2 is 1.73 bits per heavy atom. The molecule has 0 aromatic heterocycles. The zero-order chi connectivity index (χ0) is 8.95. The quantitative estimate of drug-likeness (QED) is 0.463. The first-order valence-corrected chi connectivity index (χ1v) is 3.98. The highest BCUT2D eigenvalue weighted by atomic mass is 16.3. The summed E-state index contributed by atoms with van der Waals surface area (Å²) in [7, 11) is 0. The van der Waals surface area contributed by atoms with Gasteiger partial charge in [-0.05, 0) is 6.42 Å². The second kappa shape index (κ2) is 16.3. The van der Waals surface area contributed by atoms with E-state index in [0.29, 0.717) is 0 Å². The zero-order valence-electron chi connectivity index (χ0n) is 7.12. The van der Waals surface area contributed by atoms with Crippen LogP contribution < -0.4 is 0 Å². The van der Waals surface area contributed by atoms with Crippen LogP contribution in [0, 0.1) is 0 Å². The number of unbranched alkanes of at least 4 members (excludes halogenated alkanes) is 3. The lowest BCUT2D eigenvalue weighted by Gasteiger charge is -1.85. The van der Waals surface area contributed by atoms with Gasteiger partial charge in [0.15, 0.2) is 0 Å². The van der Waals surface area contributed by atoms with E-state index >= 15 is 0 Å². The minimum Gasteiger partial charge on any atom is -0.394 e. The molecule has 0 aromatic rings. The molecule has 3 heteroatoms. The maximum absolute atomic E-state index is 9.68. The van der Waals surface area contributed by atoms with E-state index in [4.69, 9.17) is 10.2 Å². The molecule has 0 aromatic carbocycles. The van der Waals surface area contributed by atoms with Crippen LogP contribution >= 0.6 is 0 Å². The van der Waals surface area contributed by atoms with E-state index in [-0.39, 0.29) is 13.2 Å². The Morgan fingerprint density at radius 1 is 1.18 bits per heavy atom. The highest BCUT2D eigenvalue weighted by molar-refractivity contribution is 5.48. The standard InChI is InChI=1S/C6H12O.C2H6O2/c1-2-3-4-5-6-7;3-1-2-4/h6H,2-5H2,1H3;3-4H,1-2H2. The van der Waals surface area contributed by atoms with Gasteiger partial charge in [0.2, 0.25) is 0 Å². The van der Waals surface area contributed by atoms with Gasteiger partial charge in [0, 0.05) is 6.42 Å². The molecule has 0 atom stereocenters. The van der Waals surface area contributed by atoms with E-state index in [9.17, 15) is 4.79 Å². The van der Waals surface area contributed by atoms with Gasteiger partial charge < -0.3 is 15.0 Å². The van der Waals surface area contributed by atoms with E-state index in [0.717, 1.165) is 19.1 Å². The summed E-state index contributed by atoms with van der Waals surface area (Å²) in [5.74, 6) is 0. The number of aliphatic hydroxyl groups is 2. The molecule has 0 amide bonds. The molecule has 0 spiro atoms. The lowest BCUT2D eigenvalue weighted by Crippen LogP contribution is -1.85. The molecule has 0 fully saturated rings. The molecule has 11 heavy (non-hydrogen) atoms. The van der Waals surface area contributed by atoms with Crippen molar-refractivity contribution >= 4 is 6.29 Å². The topological polar surface area (TPSA) is 57.5 Å². The number of aliphatic hydroxyl groups excluding tert-OH is 2. The second-order valence-corrected chi connectivity index (χ2v) is 2.11. The summed E-state index contributed by atoms with van der Waals surface area (Å²) in [6, 6.07) is 0. The lowest BCUT2D eigenvalue weighted by atomic mass is 10.2. The van der Waals surface area contributed by atoms with Crippen molar-refractivity contribution in [1.29, 1.82) is 0 Å². The van der Waals surface area contributed by atoms with E-state index in [1.807, 2.05) is 0 Å². The predicted octanol–water partition coefficient (Wildman–Crippen LogP) is 0.737. The monoisotopic (exact) mass is 162 g/mol. The second-order valence-electron chi connectivity index (χ2n) is 2.11. The van der Waals surface area contributed by atoms with Gasteiger partial charge in [-0.3, -0.25) is 0 Å². The summed E-state index contributed by atoms with van der Waals surface area (Å²) >= 11 is 0. The van der Waals surface area contributed by atoms with Crippen molar-refractivity contribution in [2.24, 2.45) is 0 Å². The molecule has 0 aliphatic heterocycles. The molecule has 0 heterocycles. The van der Waals surface area contributed by atoms with Crippen LogP contribution in [-0.2, 0) is 4.79 Å². The number of hydrogen-bond acceptors (Lipinski definition) is 3. The fourth-order valence-corrected chi connectivity index (χ4v) is 0.478. The summed E-state index contributed by atoms with van der Waals surface area (Å²) in [6.07, 6.45) is 5.19. The van der Waals surface area contributed by atoms with Crippen molar-refractivity contribution in [2.45, 2.75) is 32.6 Å². The van der Waals surface area contributed by atoms with Crippen LogP contribution in [0.3, 0.4) is 0 Å². The van der Waals surface area contributed by atoms with Crippen molar-refractivity contribution < 1.29 is 15.0 Å². The Labute approximate surface area is 68.0 Å². The Bertz CT molecular complexity index is 62.4. The molecule has 0 saturated heterocycles. The number of aldehydes is 1. The van der Waals surface area contributed by atoms with Crippen molar-refractivity contribution in [2.75, 3.05) is 13.2 Å². The van der Waals surface area contributed by atoms with Crippen molar-refractivity contribution in [3.63, 3.8) is 0 Å². The molecule has 0 unspecified atom stereocenters. The highest BCUT2D eigenvalue weighted by Crippen LogP contribution is 1.94. The third-order valence-electron chi connectivity index (χ3n) is 1.03. The van der Waals surface area contributed by atoms with Gasteiger partial charge in [0.1, 0.15) is 6.29 Å². The first kappa shape index (κ1) is 13.2. The Balaban J connectivity index is 0. The highest BCUT2D eigenvalue weighted by Gasteiger charge is 1.80. The summed E-state index contributed by atoms with van der Waals surface area (Å²) < 4.78 is 0. The van der Waals surface area contributed by atoms with Crippen LogP contribution in [0.2, 0.25) is 0 Å². The fraction of sp³-hybridized carbons (Fsp3) is 0.875. The van der Waals surface area contributed by atoms with Crippen LogP contribution in [0.4, 0.5) is 0 Å². The molecule has 0 aliphatic carbocycles. The van der Waals surface area contributed by atoms with Crippen LogP contribution in [0.25, 0.3) is 0 Å². The van der Waals surface area contributed by atoms with Crippen LogP contribution in [0.5, 0.6) is 0 Å². The smallest absolute Gasteiger partial charge is 0.119 e. The minimum atomic E-state index is -0.125. The third-order valence-corrected chi connectivity index (χ3v) is 1.03. The minimum absolute atomic E-state index is 0.125. The molecule has 0 bridgehead atoms. The molecule has 0 radical (unpaired) electrons. The van der Waals surface area contributed by atoms with E-state index in [1.54, 1.807) is 0 Å². The van der Waals surface area contributed by atoms with Gasteiger partial charge in [0.05, 0.1) is 13.2 Å². The van der Waals surface area contributed by atoms with Crippen LogP contribution in [0.15, 0.2) is 0 Å². The Hall–Kier alpha value is -0.410. The number of carbonyl (C=O) groups excluding carboxylic acids is 1. The Morgan fingerprint density at radius 3 is 2.00 bits per heavy atom. The zero-order valence-corrected chi connectivity index (χ0v) is 7.12. The lowest BCUT2D eigenvalue weighted by molar-refractivity contribution is -0.107. The van der Waals surface area contributed by atoms with E-state index < -0.39 is 0 Å². The predicted molar refractivity (Wildman–Crippen MR) is 44.4 cm³/mol. The summed E-state index contributed by atoms with van der Waals surface area (Å²) in [4.78, 5) is 9.68. The van der Waals surface area contributed by atoms with Gasteiger partial charge in [-0.15, -0.1) is 0 Å². The van der Waals surface area contributed by atoms with E-state index in [1.165, 1.54) is 12.8 Å². The molecule has 0 saturated carbocycles. The van der Waals surface area contributed by atoms with Gasteiger partial charge >= 0.3 is 0 Å². The van der Waals surface area contributed by atoms with Crippen molar-refractivity contribution in [1.82, 2.24) is 0 Å². The molecule has 3 nitrogen and oxygen atoms in total. The fourth-order valence-electron chi connectivity index (χ4n) is 0.478. The summed E-state index contributed by atoms with van der Waals surface area (Å²) in [5, 5.41) is 15.2. The number of rotatable bonds is 5. The third kappa shape index (κ3) is 26.2. The molecular weight excluding hydrogens is 144 g/mol. The van der Waals surface area contributed by atoms with Crippen LogP contribution in [-0.4, -0.2) is 29.7 Å². The van der Waals surface area contributed by atoms with Crippen LogP contribution in [0.1, 0.15) is 32.6 Å². The maximum atomic E-state index is 9.68.